The Morgan fingerprint density at radius 3 is 2.53 bits per heavy atom. The number of ether oxygens (including phenoxy) is 1. The fourth-order valence-corrected chi connectivity index (χ4v) is 1.50. The van der Waals surface area contributed by atoms with Crippen molar-refractivity contribution >= 4 is 6.09 Å². The first-order valence-electron chi connectivity index (χ1n) is 6.05. The quantitative estimate of drug-likeness (QED) is 0.917. The Bertz CT molecular complexity index is 454. The lowest BCUT2D eigenvalue weighted by atomic mass is 10.1. The van der Waals surface area contributed by atoms with Gasteiger partial charge in [0.25, 0.3) is 0 Å². The summed E-state index contributed by atoms with van der Waals surface area (Å²) < 4.78 is 18.7. The van der Waals surface area contributed by atoms with Crippen LogP contribution in [0.5, 0.6) is 0 Å². The molecule has 1 aromatic rings. The van der Waals surface area contributed by atoms with Crippen molar-refractivity contribution in [2.45, 2.75) is 39.5 Å². The summed E-state index contributed by atoms with van der Waals surface area (Å²) in [7, 11) is 1.59. The molecular formula is C14H20FNO3. The number of rotatable bonds is 3. The Labute approximate surface area is 112 Å². The monoisotopic (exact) mass is 269 g/mol. The Morgan fingerprint density at radius 2 is 2.05 bits per heavy atom. The summed E-state index contributed by atoms with van der Waals surface area (Å²) in [5.41, 5.74) is 0.323. The van der Waals surface area contributed by atoms with E-state index in [-0.39, 0.29) is 18.7 Å². The van der Waals surface area contributed by atoms with Crippen molar-refractivity contribution in [3.8, 4) is 0 Å². The molecule has 4 nitrogen and oxygen atoms in total. The van der Waals surface area contributed by atoms with Crippen LogP contribution in [0.1, 0.15) is 31.9 Å². The summed E-state index contributed by atoms with van der Waals surface area (Å²) >= 11 is 0. The van der Waals surface area contributed by atoms with Gasteiger partial charge in [-0.3, -0.25) is 0 Å². The molecule has 0 saturated heterocycles. The summed E-state index contributed by atoms with van der Waals surface area (Å²) in [5.74, 6) is -0.474. The van der Waals surface area contributed by atoms with Gasteiger partial charge in [-0.2, -0.15) is 0 Å². The minimum Gasteiger partial charge on any atom is -0.444 e. The smallest absolute Gasteiger partial charge is 0.410 e. The number of hydrogen-bond acceptors (Lipinski definition) is 3. The van der Waals surface area contributed by atoms with Gasteiger partial charge in [0.2, 0.25) is 0 Å². The van der Waals surface area contributed by atoms with E-state index in [0.29, 0.717) is 5.56 Å². The van der Waals surface area contributed by atoms with E-state index in [1.807, 2.05) is 0 Å². The van der Waals surface area contributed by atoms with Crippen molar-refractivity contribution in [1.82, 2.24) is 4.90 Å². The molecule has 1 rings (SSSR count). The van der Waals surface area contributed by atoms with E-state index in [0.717, 1.165) is 0 Å². The first-order valence-corrected chi connectivity index (χ1v) is 6.05. The number of carbonyl (C=O) groups is 1. The maximum absolute atomic E-state index is 13.5. The van der Waals surface area contributed by atoms with Crippen LogP contribution in [-0.4, -0.2) is 28.7 Å². The van der Waals surface area contributed by atoms with E-state index in [4.69, 9.17) is 9.84 Å². The van der Waals surface area contributed by atoms with Crippen molar-refractivity contribution in [1.29, 1.82) is 0 Å². The van der Waals surface area contributed by atoms with Crippen LogP contribution < -0.4 is 0 Å². The SMILES string of the molecule is CN(Cc1ccc(CO)c(F)c1)C(=O)OC(C)(C)C. The zero-order valence-electron chi connectivity index (χ0n) is 11.7. The Hall–Kier alpha value is -1.62. The molecule has 0 radical (unpaired) electrons. The number of amides is 1. The summed E-state index contributed by atoms with van der Waals surface area (Å²) in [5, 5.41) is 8.88. The summed E-state index contributed by atoms with van der Waals surface area (Å²) in [4.78, 5) is 13.1. The summed E-state index contributed by atoms with van der Waals surface area (Å²) in [6.07, 6.45) is -0.459. The second-order valence-electron chi connectivity index (χ2n) is 5.42. The Balaban J connectivity index is 2.69. The predicted octanol–water partition coefficient (Wildman–Crippen LogP) is 2.68. The van der Waals surface area contributed by atoms with Crippen molar-refractivity contribution in [2.24, 2.45) is 0 Å². The average Bonchev–Trinajstić information content (AvgIpc) is 2.27. The van der Waals surface area contributed by atoms with Crippen LogP contribution in [0.15, 0.2) is 18.2 Å². The van der Waals surface area contributed by atoms with E-state index < -0.39 is 17.5 Å². The zero-order chi connectivity index (χ0) is 14.6. The molecule has 0 atom stereocenters. The number of aliphatic hydroxyl groups is 1. The molecule has 0 saturated carbocycles. The van der Waals surface area contributed by atoms with Crippen molar-refractivity contribution < 1.29 is 19.0 Å². The topological polar surface area (TPSA) is 49.8 Å². The number of benzene rings is 1. The summed E-state index contributed by atoms with van der Waals surface area (Å²) in [6, 6.07) is 4.50. The molecular weight excluding hydrogens is 249 g/mol. The third-order valence-corrected chi connectivity index (χ3v) is 2.41. The van der Waals surface area contributed by atoms with Gasteiger partial charge in [-0.05, 0) is 32.4 Å². The lowest BCUT2D eigenvalue weighted by molar-refractivity contribution is 0.0285. The fourth-order valence-electron chi connectivity index (χ4n) is 1.50. The molecule has 1 aromatic carbocycles. The van der Waals surface area contributed by atoms with Crippen molar-refractivity contribution in [2.75, 3.05) is 7.05 Å². The van der Waals surface area contributed by atoms with Gasteiger partial charge >= 0.3 is 6.09 Å². The first kappa shape index (κ1) is 15.4. The molecule has 0 heterocycles. The lowest BCUT2D eigenvalue weighted by Crippen LogP contribution is -2.33. The third kappa shape index (κ3) is 4.87. The van der Waals surface area contributed by atoms with Crippen LogP contribution >= 0.6 is 0 Å². The Morgan fingerprint density at radius 1 is 1.42 bits per heavy atom. The van der Waals surface area contributed by atoms with Crippen LogP contribution in [0.3, 0.4) is 0 Å². The molecule has 0 fully saturated rings. The molecule has 1 N–H and O–H groups in total. The van der Waals surface area contributed by atoms with E-state index in [9.17, 15) is 9.18 Å². The molecule has 0 aliphatic heterocycles. The number of nitrogens with zero attached hydrogens (tertiary/aromatic N) is 1. The molecule has 0 aliphatic carbocycles. The van der Waals surface area contributed by atoms with E-state index in [1.165, 1.54) is 17.0 Å². The highest BCUT2D eigenvalue weighted by Gasteiger charge is 2.19. The van der Waals surface area contributed by atoms with Crippen molar-refractivity contribution in [3.63, 3.8) is 0 Å². The van der Waals surface area contributed by atoms with Gasteiger partial charge in [0, 0.05) is 19.2 Å². The Kier molecular flexibility index (Phi) is 4.89. The molecule has 5 heteroatoms. The van der Waals surface area contributed by atoms with Crippen molar-refractivity contribution in [3.05, 3.63) is 35.1 Å². The zero-order valence-corrected chi connectivity index (χ0v) is 11.7. The highest BCUT2D eigenvalue weighted by Crippen LogP contribution is 2.14. The predicted molar refractivity (Wildman–Crippen MR) is 70.0 cm³/mol. The lowest BCUT2D eigenvalue weighted by Gasteiger charge is -2.24. The fraction of sp³-hybridized carbons (Fsp3) is 0.500. The molecule has 0 aliphatic rings. The maximum atomic E-state index is 13.5. The van der Waals surface area contributed by atoms with E-state index in [2.05, 4.69) is 0 Å². The minimum atomic E-state index is -0.558. The van der Waals surface area contributed by atoms with E-state index in [1.54, 1.807) is 33.9 Å². The number of aliphatic hydroxyl groups excluding tert-OH is 1. The minimum absolute atomic E-state index is 0.240. The third-order valence-electron chi connectivity index (χ3n) is 2.41. The summed E-state index contributed by atoms with van der Waals surface area (Å²) in [6.45, 7) is 5.27. The van der Waals surface area contributed by atoms with Gasteiger partial charge in [-0.15, -0.1) is 0 Å². The van der Waals surface area contributed by atoms with Crippen LogP contribution in [0.25, 0.3) is 0 Å². The first-order chi connectivity index (χ1) is 8.73. The van der Waals surface area contributed by atoms with E-state index >= 15 is 0 Å². The molecule has 0 aromatic heterocycles. The number of carbonyl (C=O) groups excluding carboxylic acids is 1. The van der Waals surface area contributed by atoms with Gasteiger partial charge in [-0.1, -0.05) is 12.1 Å². The highest BCUT2D eigenvalue weighted by atomic mass is 19.1. The molecule has 106 valence electrons. The molecule has 0 unspecified atom stereocenters. The molecule has 0 bridgehead atoms. The largest absolute Gasteiger partial charge is 0.444 e. The van der Waals surface area contributed by atoms with Gasteiger partial charge in [0.1, 0.15) is 11.4 Å². The standard InChI is InChI=1S/C14H20FNO3/c1-14(2,3)19-13(18)16(4)8-10-5-6-11(9-17)12(15)7-10/h5-7,17H,8-9H2,1-4H3. The van der Waals surface area contributed by atoms with Gasteiger partial charge in [0.05, 0.1) is 6.61 Å². The molecule has 0 spiro atoms. The molecule has 1 amide bonds. The molecule has 19 heavy (non-hydrogen) atoms. The second-order valence-corrected chi connectivity index (χ2v) is 5.42. The van der Waals surface area contributed by atoms with Gasteiger partial charge < -0.3 is 14.7 Å². The number of hydrogen-bond donors (Lipinski definition) is 1. The van der Waals surface area contributed by atoms with Crippen LogP contribution in [-0.2, 0) is 17.9 Å². The average molecular weight is 269 g/mol. The normalized spacial score (nSPS) is 11.3. The van der Waals surface area contributed by atoms with Crippen LogP contribution in [0.4, 0.5) is 9.18 Å². The second kappa shape index (κ2) is 6.02. The number of halogens is 1. The van der Waals surface area contributed by atoms with Crippen LogP contribution in [0, 0.1) is 5.82 Å². The van der Waals surface area contributed by atoms with Gasteiger partial charge in [-0.25, -0.2) is 9.18 Å². The van der Waals surface area contributed by atoms with Gasteiger partial charge in [0.15, 0.2) is 0 Å². The maximum Gasteiger partial charge on any atom is 0.410 e. The highest BCUT2D eigenvalue weighted by molar-refractivity contribution is 5.67. The van der Waals surface area contributed by atoms with Crippen LogP contribution in [0.2, 0.25) is 0 Å².